The lowest BCUT2D eigenvalue weighted by molar-refractivity contribution is -0.137. The van der Waals surface area contributed by atoms with Crippen LogP contribution in [0.3, 0.4) is 0 Å². The summed E-state index contributed by atoms with van der Waals surface area (Å²) in [5, 5.41) is 0. The van der Waals surface area contributed by atoms with Gasteiger partial charge in [0.05, 0.1) is 29.8 Å². The smallest absolute Gasteiger partial charge is 0.416 e. The van der Waals surface area contributed by atoms with Crippen molar-refractivity contribution in [2.24, 2.45) is 0 Å². The van der Waals surface area contributed by atoms with Crippen LogP contribution >= 0.6 is 0 Å². The summed E-state index contributed by atoms with van der Waals surface area (Å²) in [6.07, 6.45) is 0.452. The number of hydrogen-bond acceptors (Lipinski definition) is 7. The Balaban J connectivity index is 1.47. The van der Waals surface area contributed by atoms with Gasteiger partial charge in [-0.15, -0.1) is 0 Å². The van der Waals surface area contributed by atoms with Crippen LogP contribution in [0.4, 0.5) is 24.9 Å². The Bertz CT molecular complexity index is 874. The zero-order valence-electron chi connectivity index (χ0n) is 15.1. The number of nitrogens with zero attached hydrogens (tertiary/aromatic N) is 5. The first-order chi connectivity index (χ1) is 13.4. The highest BCUT2D eigenvalue weighted by atomic mass is 19.4. The Morgan fingerprint density at radius 3 is 2.46 bits per heavy atom. The molecule has 2 aromatic rings. The number of aromatic nitrogens is 3. The number of ether oxygens (including phenoxy) is 1. The minimum Gasteiger partial charge on any atom is -0.462 e. The first-order valence-corrected chi connectivity index (χ1v) is 8.92. The van der Waals surface area contributed by atoms with E-state index >= 15 is 0 Å². The van der Waals surface area contributed by atoms with Crippen LogP contribution in [0, 0.1) is 0 Å². The van der Waals surface area contributed by atoms with Crippen LogP contribution in [0.5, 0.6) is 0 Å². The number of fused-ring (bicyclic) bond motifs is 2. The largest absolute Gasteiger partial charge is 0.462 e. The van der Waals surface area contributed by atoms with Crippen molar-refractivity contribution in [2.45, 2.75) is 31.6 Å². The quantitative estimate of drug-likeness (QED) is 0.740. The van der Waals surface area contributed by atoms with Crippen LogP contribution in [0.15, 0.2) is 30.7 Å². The molecule has 2 aliphatic heterocycles. The fourth-order valence-corrected chi connectivity index (χ4v) is 3.73. The lowest BCUT2D eigenvalue weighted by atomic mass is 10.2. The molecule has 0 spiro atoms. The molecular weight excluding hydrogens is 375 g/mol. The summed E-state index contributed by atoms with van der Waals surface area (Å²) in [6, 6.07) is 2.18. The van der Waals surface area contributed by atoms with Gasteiger partial charge in [-0.1, -0.05) is 0 Å². The van der Waals surface area contributed by atoms with Crippen LogP contribution in [-0.4, -0.2) is 52.7 Å². The molecule has 28 heavy (non-hydrogen) atoms. The van der Waals surface area contributed by atoms with Crippen LogP contribution in [-0.2, 0) is 10.9 Å². The van der Waals surface area contributed by atoms with E-state index < -0.39 is 17.7 Å². The van der Waals surface area contributed by atoms with Crippen molar-refractivity contribution >= 4 is 17.7 Å². The van der Waals surface area contributed by atoms with E-state index in [0.29, 0.717) is 24.9 Å². The number of hydrogen-bond donors (Lipinski definition) is 0. The summed E-state index contributed by atoms with van der Waals surface area (Å²) >= 11 is 0. The van der Waals surface area contributed by atoms with Crippen molar-refractivity contribution in [2.75, 3.05) is 29.5 Å². The first kappa shape index (κ1) is 18.5. The van der Waals surface area contributed by atoms with Gasteiger partial charge in [0.1, 0.15) is 5.82 Å². The van der Waals surface area contributed by atoms with Gasteiger partial charge in [0.25, 0.3) is 0 Å². The molecule has 2 aliphatic rings. The molecule has 4 heterocycles. The third-order valence-electron chi connectivity index (χ3n) is 5.01. The SMILES string of the molecule is CCOC(=O)c1cnc(N2C[C@@H]3C[C@H]2CN3c2cc(C(F)(F)F)ccn2)nc1. The summed E-state index contributed by atoms with van der Waals surface area (Å²) in [6.45, 7) is 3.12. The normalized spacial score (nSPS) is 21.3. The molecule has 0 aliphatic carbocycles. The fraction of sp³-hybridized carbons (Fsp3) is 0.444. The average molecular weight is 393 g/mol. The molecule has 0 aromatic carbocycles. The van der Waals surface area contributed by atoms with E-state index in [4.69, 9.17) is 4.74 Å². The van der Waals surface area contributed by atoms with Gasteiger partial charge in [-0.25, -0.2) is 19.7 Å². The third-order valence-corrected chi connectivity index (χ3v) is 5.01. The minimum atomic E-state index is -4.39. The zero-order chi connectivity index (χ0) is 19.9. The van der Waals surface area contributed by atoms with Crippen molar-refractivity contribution in [1.29, 1.82) is 0 Å². The third kappa shape index (κ3) is 3.34. The highest BCUT2D eigenvalue weighted by molar-refractivity contribution is 5.88. The summed E-state index contributed by atoms with van der Waals surface area (Å²) in [7, 11) is 0. The maximum Gasteiger partial charge on any atom is 0.416 e. The van der Waals surface area contributed by atoms with Crippen LogP contribution in [0.1, 0.15) is 29.3 Å². The van der Waals surface area contributed by atoms with Gasteiger partial charge in [-0.3, -0.25) is 0 Å². The van der Waals surface area contributed by atoms with Gasteiger partial charge in [0.15, 0.2) is 0 Å². The number of rotatable bonds is 4. The molecular formula is C18H18F3N5O2. The number of halogens is 3. The van der Waals surface area contributed by atoms with E-state index in [1.807, 2.05) is 9.80 Å². The first-order valence-electron chi connectivity index (χ1n) is 8.92. The van der Waals surface area contributed by atoms with E-state index in [0.717, 1.165) is 18.6 Å². The van der Waals surface area contributed by atoms with Crippen LogP contribution in [0.25, 0.3) is 0 Å². The molecule has 148 valence electrons. The van der Waals surface area contributed by atoms with Gasteiger partial charge in [-0.05, 0) is 25.5 Å². The summed E-state index contributed by atoms with van der Waals surface area (Å²) in [5.41, 5.74) is -0.417. The Labute approximate surface area is 159 Å². The maximum atomic E-state index is 13.0. The van der Waals surface area contributed by atoms with E-state index in [9.17, 15) is 18.0 Å². The predicted molar refractivity (Wildman–Crippen MR) is 94.1 cm³/mol. The zero-order valence-corrected chi connectivity index (χ0v) is 15.1. The number of piperazine rings is 1. The lowest BCUT2D eigenvalue weighted by Gasteiger charge is -2.35. The molecule has 0 saturated carbocycles. The van der Waals surface area contributed by atoms with Gasteiger partial charge in [0, 0.05) is 31.7 Å². The monoisotopic (exact) mass is 393 g/mol. The lowest BCUT2D eigenvalue weighted by Crippen LogP contribution is -2.47. The van der Waals surface area contributed by atoms with Gasteiger partial charge >= 0.3 is 12.1 Å². The molecule has 2 fully saturated rings. The highest BCUT2D eigenvalue weighted by Crippen LogP contribution is 2.37. The molecule has 2 atom stereocenters. The summed E-state index contributed by atoms with van der Waals surface area (Å²) in [5.74, 6) is 0.358. The molecule has 10 heteroatoms. The van der Waals surface area contributed by atoms with E-state index in [1.54, 1.807) is 6.92 Å². The van der Waals surface area contributed by atoms with E-state index in [-0.39, 0.29) is 24.3 Å². The van der Waals surface area contributed by atoms with Crippen molar-refractivity contribution in [1.82, 2.24) is 15.0 Å². The number of carbonyl (C=O) groups is 1. The van der Waals surface area contributed by atoms with Crippen molar-refractivity contribution in [3.8, 4) is 0 Å². The predicted octanol–water partition coefficient (Wildman–Crippen LogP) is 2.53. The fourth-order valence-electron chi connectivity index (χ4n) is 3.73. The van der Waals surface area contributed by atoms with Gasteiger partial charge in [-0.2, -0.15) is 13.2 Å². The molecule has 2 aromatic heterocycles. The molecule has 2 bridgehead atoms. The number of anilines is 2. The molecule has 0 radical (unpaired) electrons. The van der Waals surface area contributed by atoms with Crippen LogP contribution in [0.2, 0.25) is 0 Å². The van der Waals surface area contributed by atoms with E-state index in [1.165, 1.54) is 18.6 Å². The Hall–Kier alpha value is -2.91. The molecule has 0 amide bonds. The second-order valence-corrected chi connectivity index (χ2v) is 6.74. The maximum absolute atomic E-state index is 13.0. The summed E-state index contributed by atoms with van der Waals surface area (Å²) in [4.78, 5) is 28.3. The van der Waals surface area contributed by atoms with Crippen molar-refractivity contribution < 1.29 is 22.7 Å². The number of alkyl halides is 3. The molecule has 0 unspecified atom stereocenters. The van der Waals surface area contributed by atoms with Gasteiger partial charge < -0.3 is 14.5 Å². The average Bonchev–Trinajstić information content (AvgIpc) is 3.29. The van der Waals surface area contributed by atoms with Crippen molar-refractivity contribution in [3.05, 3.63) is 41.9 Å². The molecule has 0 N–H and O–H groups in total. The second kappa shape index (κ2) is 6.92. The standard InChI is InChI=1S/C18H18F3N5O2/c1-2-28-16(27)11-7-23-17(24-8-11)26-10-13-6-14(26)9-25(13)15-5-12(3-4-22-15)18(19,20)21/h3-5,7-8,13-14H,2,6,9-10H2,1H3/t13-,14-/m0/s1. The van der Waals surface area contributed by atoms with Crippen molar-refractivity contribution in [3.63, 3.8) is 0 Å². The molecule has 4 rings (SSSR count). The van der Waals surface area contributed by atoms with Crippen LogP contribution < -0.4 is 9.80 Å². The Kier molecular flexibility index (Phi) is 4.56. The highest BCUT2D eigenvalue weighted by Gasteiger charge is 2.45. The van der Waals surface area contributed by atoms with Gasteiger partial charge in [0.2, 0.25) is 5.95 Å². The Morgan fingerprint density at radius 2 is 1.86 bits per heavy atom. The number of carbonyl (C=O) groups excluding carboxylic acids is 1. The summed E-state index contributed by atoms with van der Waals surface area (Å²) < 4.78 is 43.8. The molecule has 2 saturated heterocycles. The topological polar surface area (TPSA) is 71.5 Å². The second-order valence-electron chi connectivity index (χ2n) is 6.74. The number of pyridine rings is 1. The Morgan fingerprint density at radius 1 is 1.18 bits per heavy atom. The van der Waals surface area contributed by atoms with E-state index in [2.05, 4.69) is 15.0 Å². The number of esters is 1. The molecule has 7 nitrogen and oxygen atoms in total. The minimum absolute atomic E-state index is 0.0364.